The molecule has 2 aliphatic rings. The van der Waals surface area contributed by atoms with Crippen LogP contribution in [-0.2, 0) is 14.3 Å². The molecule has 5 heteroatoms. The van der Waals surface area contributed by atoms with Crippen molar-refractivity contribution in [1.82, 2.24) is 10.4 Å². The molecule has 0 aromatic carbocycles. The maximum absolute atomic E-state index is 5.49. The lowest BCUT2D eigenvalue weighted by molar-refractivity contribution is -0.0373. The van der Waals surface area contributed by atoms with Crippen molar-refractivity contribution >= 4 is 0 Å². The molecule has 2 aliphatic heterocycles. The third kappa shape index (κ3) is 4.35. The van der Waals surface area contributed by atoms with E-state index in [-0.39, 0.29) is 0 Å². The maximum Gasteiger partial charge on any atom is 0.0809 e. The standard InChI is InChI=1S/C11H22N2O3/c1-6-14-7-2-11(1)12-16-10-5-13-3-8-15-9-4-13/h11-12H,1-10H2. The van der Waals surface area contributed by atoms with Crippen LogP contribution in [0.3, 0.4) is 0 Å². The summed E-state index contributed by atoms with van der Waals surface area (Å²) in [6.45, 7) is 7.20. The van der Waals surface area contributed by atoms with Gasteiger partial charge in [0.1, 0.15) is 0 Å². The molecule has 0 spiro atoms. The second-order valence-corrected chi connectivity index (χ2v) is 4.31. The summed E-state index contributed by atoms with van der Waals surface area (Å²) >= 11 is 0. The van der Waals surface area contributed by atoms with Crippen LogP contribution in [0.1, 0.15) is 12.8 Å². The third-order valence-electron chi connectivity index (χ3n) is 3.08. The van der Waals surface area contributed by atoms with Crippen LogP contribution in [0.4, 0.5) is 0 Å². The third-order valence-corrected chi connectivity index (χ3v) is 3.08. The molecule has 0 aromatic rings. The minimum atomic E-state index is 0.471. The first-order valence-electron chi connectivity index (χ1n) is 6.20. The number of ether oxygens (including phenoxy) is 2. The first-order valence-corrected chi connectivity index (χ1v) is 6.20. The van der Waals surface area contributed by atoms with Crippen molar-refractivity contribution in [2.75, 3.05) is 52.7 Å². The topological polar surface area (TPSA) is 43.0 Å². The van der Waals surface area contributed by atoms with Crippen molar-refractivity contribution in [3.8, 4) is 0 Å². The van der Waals surface area contributed by atoms with Crippen LogP contribution in [0.2, 0.25) is 0 Å². The molecular formula is C11H22N2O3. The molecule has 2 fully saturated rings. The lowest BCUT2D eigenvalue weighted by Gasteiger charge is -2.27. The predicted octanol–water partition coefficient (Wildman–Crippen LogP) is 0.0188. The van der Waals surface area contributed by atoms with Gasteiger partial charge in [-0.15, -0.1) is 0 Å². The van der Waals surface area contributed by atoms with Gasteiger partial charge in [0, 0.05) is 38.9 Å². The fourth-order valence-corrected chi connectivity index (χ4v) is 1.99. The van der Waals surface area contributed by atoms with E-state index in [0.29, 0.717) is 6.04 Å². The summed E-state index contributed by atoms with van der Waals surface area (Å²) in [4.78, 5) is 7.86. The summed E-state index contributed by atoms with van der Waals surface area (Å²) in [6.07, 6.45) is 2.11. The molecular weight excluding hydrogens is 208 g/mol. The number of nitrogens with one attached hydrogen (secondary N) is 1. The van der Waals surface area contributed by atoms with Gasteiger partial charge in [0.2, 0.25) is 0 Å². The Morgan fingerprint density at radius 3 is 2.50 bits per heavy atom. The van der Waals surface area contributed by atoms with E-state index in [9.17, 15) is 0 Å². The summed E-state index contributed by atoms with van der Waals surface area (Å²) in [5.41, 5.74) is 3.12. The Kier molecular flexibility index (Phi) is 5.51. The second kappa shape index (κ2) is 7.19. The first-order chi connectivity index (χ1) is 7.95. The SMILES string of the molecule is C1CC(NOCCN2CCOCC2)CCO1. The largest absolute Gasteiger partial charge is 0.381 e. The molecule has 16 heavy (non-hydrogen) atoms. The second-order valence-electron chi connectivity index (χ2n) is 4.31. The van der Waals surface area contributed by atoms with Crippen molar-refractivity contribution in [3.05, 3.63) is 0 Å². The number of hydroxylamine groups is 1. The number of rotatable bonds is 5. The van der Waals surface area contributed by atoms with Crippen molar-refractivity contribution in [1.29, 1.82) is 0 Å². The Morgan fingerprint density at radius 2 is 1.75 bits per heavy atom. The van der Waals surface area contributed by atoms with E-state index < -0.39 is 0 Å². The minimum Gasteiger partial charge on any atom is -0.381 e. The van der Waals surface area contributed by atoms with Crippen molar-refractivity contribution < 1.29 is 14.3 Å². The van der Waals surface area contributed by atoms with E-state index in [4.69, 9.17) is 14.3 Å². The van der Waals surface area contributed by atoms with Gasteiger partial charge in [0.05, 0.1) is 19.8 Å². The van der Waals surface area contributed by atoms with E-state index in [1.165, 1.54) is 0 Å². The van der Waals surface area contributed by atoms with Gasteiger partial charge < -0.3 is 14.3 Å². The fraction of sp³-hybridized carbons (Fsp3) is 1.00. The van der Waals surface area contributed by atoms with Gasteiger partial charge >= 0.3 is 0 Å². The lowest BCUT2D eigenvalue weighted by atomic mass is 10.1. The number of hydrogen-bond acceptors (Lipinski definition) is 5. The van der Waals surface area contributed by atoms with E-state index in [1.54, 1.807) is 0 Å². The van der Waals surface area contributed by atoms with Crippen molar-refractivity contribution in [2.24, 2.45) is 0 Å². The molecule has 0 unspecified atom stereocenters. The first kappa shape index (κ1) is 12.3. The number of hydrogen-bond donors (Lipinski definition) is 1. The normalized spacial score (nSPS) is 24.8. The Morgan fingerprint density at radius 1 is 1.06 bits per heavy atom. The van der Waals surface area contributed by atoms with Gasteiger partial charge in [-0.2, -0.15) is 5.48 Å². The molecule has 94 valence electrons. The van der Waals surface area contributed by atoms with Crippen LogP contribution in [0.15, 0.2) is 0 Å². The molecule has 0 aliphatic carbocycles. The molecule has 0 bridgehead atoms. The highest BCUT2D eigenvalue weighted by Gasteiger charge is 2.14. The lowest BCUT2D eigenvalue weighted by Crippen LogP contribution is -2.40. The average Bonchev–Trinajstić information content (AvgIpc) is 2.37. The van der Waals surface area contributed by atoms with Crippen LogP contribution in [-0.4, -0.2) is 63.6 Å². The zero-order valence-electron chi connectivity index (χ0n) is 9.82. The highest BCUT2D eigenvalue weighted by Crippen LogP contribution is 2.05. The molecule has 0 radical (unpaired) electrons. The highest BCUT2D eigenvalue weighted by atomic mass is 16.6. The summed E-state index contributed by atoms with van der Waals surface area (Å²) in [5.74, 6) is 0. The van der Waals surface area contributed by atoms with Crippen LogP contribution < -0.4 is 5.48 Å². The molecule has 2 heterocycles. The molecule has 0 saturated carbocycles. The highest BCUT2D eigenvalue weighted by molar-refractivity contribution is 4.66. The summed E-state index contributed by atoms with van der Waals surface area (Å²) in [5, 5.41) is 0. The zero-order chi connectivity index (χ0) is 11.1. The van der Waals surface area contributed by atoms with Crippen molar-refractivity contribution in [2.45, 2.75) is 18.9 Å². The van der Waals surface area contributed by atoms with E-state index >= 15 is 0 Å². The molecule has 2 saturated heterocycles. The maximum atomic E-state index is 5.49. The van der Waals surface area contributed by atoms with Crippen molar-refractivity contribution in [3.63, 3.8) is 0 Å². The molecule has 2 rings (SSSR count). The Bertz CT molecular complexity index is 160. The fourth-order valence-electron chi connectivity index (χ4n) is 1.99. The molecule has 5 nitrogen and oxygen atoms in total. The predicted molar refractivity (Wildman–Crippen MR) is 60.2 cm³/mol. The smallest absolute Gasteiger partial charge is 0.0809 e. The van der Waals surface area contributed by atoms with Crippen LogP contribution in [0, 0.1) is 0 Å². The number of nitrogens with zero attached hydrogens (tertiary/aromatic N) is 1. The van der Waals surface area contributed by atoms with Gasteiger partial charge in [0.25, 0.3) is 0 Å². The van der Waals surface area contributed by atoms with E-state index in [2.05, 4.69) is 10.4 Å². The Labute approximate surface area is 97.0 Å². The minimum absolute atomic E-state index is 0.471. The Balaban J connectivity index is 1.47. The quantitative estimate of drug-likeness (QED) is 0.533. The monoisotopic (exact) mass is 230 g/mol. The van der Waals surface area contributed by atoms with Crippen LogP contribution in [0.5, 0.6) is 0 Å². The average molecular weight is 230 g/mol. The molecule has 0 amide bonds. The summed E-state index contributed by atoms with van der Waals surface area (Å²) in [6, 6.07) is 0.471. The zero-order valence-corrected chi connectivity index (χ0v) is 9.82. The van der Waals surface area contributed by atoms with Gasteiger partial charge in [-0.25, -0.2) is 0 Å². The Hall–Kier alpha value is -0.200. The number of morpholine rings is 1. The van der Waals surface area contributed by atoms with Crippen LogP contribution in [0.25, 0.3) is 0 Å². The van der Waals surface area contributed by atoms with Gasteiger partial charge in [-0.05, 0) is 12.8 Å². The summed E-state index contributed by atoms with van der Waals surface area (Å²) in [7, 11) is 0. The van der Waals surface area contributed by atoms with Gasteiger partial charge in [-0.3, -0.25) is 4.90 Å². The van der Waals surface area contributed by atoms with Gasteiger partial charge in [0.15, 0.2) is 0 Å². The molecule has 0 aromatic heterocycles. The van der Waals surface area contributed by atoms with Gasteiger partial charge in [-0.1, -0.05) is 0 Å². The molecule has 1 N–H and O–H groups in total. The van der Waals surface area contributed by atoms with E-state index in [1.807, 2.05) is 0 Å². The molecule has 0 atom stereocenters. The summed E-state index contributed by atoms with van der Waals surface area (Å²) < 4.78 is 10.6. The van der Waals surface area contributed by atoms with E-state index in [0.717, 1.165) is 65.5 Å². The van der Waals surface area contributed by atoms with Crippen LogP contribution >= 0.6 is 0 Å².